The predicted molar refractivity (Wildman–Crippen MR) is 183 cm³/mol. The Kier molecular flexibility index (Phi) is 13.1. The van der Waals surface area contributed by atoms with Gasteiger partial charge in [-0.3, -0.25) is 15.3 Å². The molecule has 0 saturated heterocycles. The van der Waals surface area contributed by atoms with Crippen LogP contribution in [0.4, 0.5) is 4.79 Å². The second kappa shape index (κ2) is 17.9. The number of benzene rings is 2. The molecule has 0 unspecified atom stereocenters. The lowest BCUT2D eigenvalue weighted by Gasteiger charge is -2.17. The number of ether oxygens (including phenoxy) is 3. The molecule has 5 aromatic rings. The summed E-state index contributed by atoms with van der Waals surface area (Å²) in [7, 11) is 0. The van der Waals surface area contributed by atoms with Crippen molar-refractivity contribution in [2.45, 2.75) is 78.9 Å². The molecule has 0 bridgehead atoms. The van der Waals surface area contributed by atoms with Crippen molar-refractivity contribution >= 4 is 12.1 Å². The monoisotopic (exact) mass is 751 g/mol. The molecule has 0 saturated carbocycles. The topological polar surface area (TPSA) is 240 Å². The smallest absolute Gasteiger partial charge is 0.453 e. The first-order valence-corrected chi connectivity index (χ1v) is 17.0. The van der Waals surface area contributed by atoms with Gasteiger partial charge in [0, 0.05) is 18.5 Å². The highest BCUT2D eigenvalue weighted by atomic mass is 17.1. The number of tetrazole rings is 1. The lowest BCUT2D eigenvalue weighted by atomic mass is 9.98. The first-order valence-electron chi connectivity index (χ1n) is 17.0. The zero-order valence-electron chi connectivity index (χ0n) is 30.1. The molecule has 0 fully saturated rings. The quantitative estimate of drug-likeness (QED) is 0.0632. The highest BCUT2D eigenvalue weighted by Crippen LogP contribution is 2.31. The lowest BCUT2D eigenvalue weighted by Crippen LogP contribution is -2.23. The van der Waals surface area contributed by atoms with Crippen molar-refractivity contribution in [3.8, 4) is 22.5 Å². The van der Waals surface area contributed by atoms with E-state index in [1.807, 2.05) is 55.5 Å². The van der Waals surface area contributed by atoms with Crippen LogP contribution in [0.2, 0.25) is 0 Å². The van der Waals surface area contributed by atoms with Gasteiger partial charge in [-0.1, -0.05) is 55.5 Å². The molecule has 0 atom stereocenters. The van der Waals surface area contributed by atoms with E-state index in [-0.39, 0.29) is 61.4 Å². The van der Waals surface area contributed by atoms with Gasteiger partial charge in [0.1, 0.15) is 17.1 Å². The molecule has 19 nitrogen and oxygen atoms in total. The summed E-state index contributed by atoms with van der Waals surface area (Å²) in [6, 6.07) is 15.1. The summed E-state index contributed by atoms with van der Waals surface area (Å²) in [5, 5.41) is 40.1. The van der Waals surface area contributed by atoms with Gasteiger partial charge in [-0.2, -0.15) is 0 Å². The molecule has 54 heavy (non-hydrogen) atoms. The van der Waals surface area contributed by atoms with Crippen molar-refractivity contribution in [2.75, 3.05) is 13.2 Å². The maximum Gasteiger partial charge on any atom is 0.519 e. The van der Waals surface area contributed by atoms with Crippen LogP contribution >= 0.6 is 0 Å². The molecule has 5 rings (SSSR count). The zero-order chi connectivity index (χ0) is 38.8. The number of nitrogens with zero attached hydrogens (tertiary/aromatic N) is 7. The molecule has 3 N–H and O–H groups in total. The minimum Gasteiger partial charge on any atom is -0.453 e. The summed E-state index contributed by atoms with van der Waals surface area (Å²) in [5.74, 6) is -0.484. The highest BCUT2D eigenvalue weighted by molar-refractivity contribution is 5.89. The van der Waals surface area contributed by atoms with Gasteiger partial charge in [-0.25, -0.2) is 19.4 Å². The van der Waals surface area contributed by atoms with Gasteiger partial charge >= 0.3 is 17.9 Å². The van der Waals surface area contributed by atoms with Crippen LogP contribution in [0.3, 0.4) is 0 Å². The molecule has 0 aliphatic carbocycles. The van der Waals surface area contributed by atoms with Crippen molar-refractivity contribution in [1.82, 2.24) is 35.1 Å². The Morgan fingerprint density at radius 1 is 0.963 bits per heavy atom. The SMILES string of the molecule is CCCc1nc(C(C)(C)O)c(C(=O)OCc2oc(=O)oc2C)n1Cc1ccc(-c2ccccc2-c2nnn(COC(=O)OCCCCON(O)O)n2)cc1. The second-order valence-electron chi connectivity index (χ2n) is 12.5. The summed E-state index contributed by atoms with van der Waals surface area (Å²) in [6.45, 7) is 6.21. The van der Waals surface area contributed by atoms with E-state index in [2.05, 4.69) is 25.2 Å². The number of imidazole rings is 1. The van der Waals surface area contributed by atoms with Gasteiger partial charge in [-0.15, -0.1) is 15.0 Å². The highest BCUT2D eigenvalue weighted by Gasteiger charge is 2.33. The fourth-order valence-corrected chi connectivity index (χ4v) is 5.39. The summed E-state index contributed by atoms with van der Waals surface area (Å²) >= 11 is 0. The Labute approximate surface area is 308 Å². The molecule has 2 aromatic carbocycles. The van der Waals surface area contributed by atoms with E-state index in [4.69, 9.17) is 33.5 Å². The lowest BCUT2D eigenvalue weighted by molar-refractivity contribution is -0.492. The predicted octanol–water partition coefficient (Wildman–Crippen LogP) is 4.55. The van der Waals surface area contributed by atoms with Crippen molar-refractivity contribution in [1.29, 1.82) is 0 Å². The molecule has 0 amide bonds. The molecule has 0 aliphatic heterocycles. The van der Waals surface area contributed by atoms with Crippen molar-refractivity contribution in [2.24, 2.45) is 0 Å². The average Bonchev–Trinajstić information content (AvgIpc) is 3.85. The molecule has 0 radical (unpaired) electrons. The second-order valence-corrected chi connectivity index (χ2v) is 12.5. The third-order valence-electron chi connectivity index (χ3n) is 7.95. The standard InChI is InChI=1S/C35H41N7O12/c1-5-10-28-36-30(35(3,4)46)29(32(43)50-20-27-22(2)53-34(45)54-27)40(28)19-23-13-15-24(16-14-23)25-11-6-7-12-26(25)31-37-39-41(38-31)21-51-33(44)49-17-8-9-18-52-42(47)48/h6-7,11-16,46-48H,5,8-10,17-21H2,1-4H3. The average molecular weight is 752 g/mol. The van der Waals surface area contributed by atoms with Crippen LogP contribution in [0.1, 0.15) is 79.1 Å². The van der Waals surface area contributed by atoms with Crippen LogP contribution < -0.4 is 5.82 Å². The Morgan fingerprint density at radius 3 is 2.35 bits per heavy atom. The Morgan fingerprint density at radius 2 is 1.69 bits per heavy atom. The summed E-state index contributed by atoms with van der Waals surface area (Å²) in [4.78, 5) is 47.2. The largest absolute Gasteiger partial charge is 0.519 e. The Balaban J connectivity index is 1.29. The fourth-order valence-electron chi connectivity index (χ4n) is 5.39. The fraction of sp³-hybridized carbons (Fsp3) is 0.400. The van der Waals surface area contributed by atoms with Crippen LogP contribution in [-0.4, -0.2) is 76.0 Å². The number of rotatable bonds is 18. The van der Waals surface area contributed by atoms with Crippen molar-refractivity contribution in [3.63, 3.8) is 0 Å². The van der Waals surface area contributed by atoms with Crippen LogP contribution in [0, 0.1) is 6.92 Å². The molecular weight excluding hydrogens is 710 g/mol. The maximum absolute atomic E-state index is 13.6. The van der Waals surface area contributed by atoms with E-state index >= 15 is 0 Å². The van der Waals surface area contributed by atoms with E-state index in [1.165, 1.54) is 6.92 Å². The van der Waals surface area contributed by atoms with Crippen LogP contribution in [0.5, 0.6) is 0 Å². The number of esters is 1. The van der Waals surface area contributed by atoms with E-state index in [1.54, 1.807) is 18.4 Å². The molecule has 0 aliphatic rings. The van der Waals surface area contributed by atoms with Gasteiger partial charge in [0.05, 0.1) is 18.6 Å². The van der Waals surface area contributed by atoms with E-state index in [0.717, 1.165) is 27.9 Å². The third kappa shape index (κ3) is 10.2. The van der Waals surface area contributed by atoms with E-state index in [9.17, 15) is 19.5 Å². The van der Waals surface area contributed by atoms with Crippen LogP contribution in [0.25, 0.3) is 22.5 Å². The minimum absolute atomic E-state index is 0.0242. The van der Waals surface area contributed by atoms with Crippen molar-refractivity contribution < 1.29 is 53.0 Å². The number of carbonyl (C=O) groups excluding carboxylic acids is 2. The minimum atomic E-state index is -1.47. The third-order valence-corrected chi connectivity index (χ3v) is 7.95. The number of carbonyl (C=O) groups is 2. The first kappa shape index (κ1) is 39.5. The number of aliphatic hydroxyl groups is 1. The number of hydrogen-bond donors (Lipinski definition) is 3. The molecular formula is C35H41N7O12. The Bertz CT molecular complexity index is 2080. The maximum atomic E-state index is 13.6. The zero-order valence-corrected chi connectivity index (χ0v) is 30.1. The van der Waals surface area contributed by atoms with E-state index in [0.29, 0.717) is 36.5 Å². The van der Waals surface area contributed by atoms with Crippen molar-refractivity contribution in [3.05, 3.63) is 93.4 Å². The van der Waals surface area contributed by atoms with E-state index < -0.39 is 23.5 Å². The Hall–Kier alpha value is -5.73. The number of aryl methyl sites for hydroxylation is 2. The van der Waals surface area contributed by atoms with Gasteiger partial charge < -0.3 is 32.7 Å². The molecule has 0 spiro atoms. The first-order chi connectivity index (χ1) is 25.8. The van der Waals surface area contributed by atoms with Crippen LogP contribution in [-0.2, 0) is 51.0 Å². The molecule has 19 heteroatoms. The normalized spacial score (nSPS) is 11.6. The number of unbranched alkanes of at least 4 members (excludes halogenated alkanes) is 1. The summed E-state index contributed by atoms with van der Waals surface area (Å²) in [6.07, 6.45) is 1.15. The van der Waals surface area contributed by atoms with Gasteiger partial charge in [-0.05, 0) is 61.9 Å². The van der Waals surface area contributed by atoms with Crippen LogP contribution in [0.15, 0.2) is 62.2 Å². The number of hydrogen-bond acceptors (Lipinski definition) is 17. The van der Waals surface area contributed by atoms with Gasteiger partial charge in [0.15, 0.2) is 23.8 Å². The summed E-state index contributed by atoms with van der Waals surface area (Å²) in [5.41, 5.74) is 1.94. The van der Waals surface area contributed by atoms with Gasteiger partial charge in [0.2, 0.25) is 12.6 Å². The molecule has 288 valence electrons. The summed E-state index contributed by atoms with van der Waals surface area (Å²) < 4.78 is 27.1. The molecule has 3 aromatic heterocycles. The van der Waals surface area contributed by atoms with Gasteiger partial charge in [0.25, 0.3) is 0 Å². The molecule has 3 heterocycles. The number of aromatic nitrogens is 6.